The number of aliphatic hydroxyl groups excluding tert-OH is 2. The molecule has 46 heavy (non-hydrogen) atoms. The molecule has 3 heterocycles. The Morgan fingerprint density at radius 3 is 2.28 bits per heavy atom. The summed E-state index contributed by atoms with van der Waals surface area (Å²) in [5.41, 5.74) is -3.15. The van der Waals surface area contributed by atoms with E-state index in [1.807, 2.05) is 46.7 Å². The van der Waals surface area contributed by atoms with Crippen molar-refractivity contribution >= 4 is 12.0 Å². The molecule has 2 amide bonds. The molecule has 0 aliphatic carbocycles. The number of carbonyl (C=O) groups is 2. The predicted molar refractivity (Wildman–Crippen MR) is 170 cm³/mol. The van der Waals surface area contributed by atoms with Crippen LogP contribution in [-0.4, -0.2) is 135 Å². The highest BCUT2D eigenvalue weighted by Gasteiger charge is 2.64. The minimum absolute atomic E-state index is 0.157. The van der Waals surface area contributed by atoms with E-state index in [1.165, 1.54) is 18.7 Å². The van der Waals surface area contributed by atoms with E-state index >= 15 is 0 Å². The molecule has 0 radical (unpaired) electrons. The highest BCUT2D eigenvalue weighted by atomic mass is 16.7. The van der Waals surface area contributed by atoms with Gasteiger partial charge in [-0.2, -0.15) is 0 Å². The van der Waals surface area contributed by atoms with Gasteiger partial charge in [-0.15, -0.1) is 0 Å². The summed E-state index contributed by atoms with van der Waals surface area (Å²) in [4.78, 5) is 30.6. The fourth-order valence-electron chi connectivity index (χ4n) is 7.70. The Bertz CT molecular complexity index is 1060. The smallest absolute Gasteiger partial charge is 0.317 e. The van der Waals surface area contributed by atoms with Crippen molar-refractivity contribution in [3.8, 4) is 0 Å². The van der Waals surface area contributed by atoms with Crippen LogP contribution in [0.4, 0.5) is 4.79 Å². The van der Waals surface area contributed by atoms with Crippen LogP contribution in [0.2, 0.25) is 0 Å². The van der Waals surface area contributed by atoms with Crippen molar-refractivity contribution in [3.63, 3.8) is 0 Å². The van der Waals surface area contributed by atoms with Gasteiger partial charge in [0.2, 0.25) is 0 Å². The van der Waals surface area contributed by atoms with E-state index in [1.54, 1.807) is 27.7 Å². The Hall–Kier alpha value is -1.58. The molecule has 2 bridgehead atoms. The number of fused-ring (bicyclic) bond motifs is 2. The summed E-state index contributed by atoms with van der Waals surface area (Å²) in [5, 5.41) is 49.5. The molecule has 0 aromatic heterocycles. The average Bonchev–Trinajstić information content (AvgIpc) is 3.13. The van der Waals surface area contributed by atoms with E-state index in [0.717, 1.165) is 0 Å². The van der Waals surface area contributed by atoms with Crippen molar-refractivity contribution < 1.29 is 49.0 Å². The van der Waals surface area contributed by atoms with Crippen molar-refractivity contribution in [1.82, 2.24) is 15.1 Å². The number of likely N-dealkylation sites (N-methyl/N-ethyl adjacent to an activating group) is 1. The van der Waals surface area contributed by atoms with Gasteiger partial charge in [-0.1, -0.05) is 20.8 Å². The molecule has 0 saturated carbocycles. The first-order valence-electron chi connectivity index (χ1n) is 16.9. The van der Waals surface area contributed by atoms with E-state index in [2.05, 4.69) is 5.32 Å². The van der Waals surface area contributed by atoms with Crippen molar-refractivity contribution in [3.05, 3.63) is 0 Å². The van der Waals surface area contributed by atoms with Crippen molar-refractivity contribution in [1.29, 1.82) is 0 Å². The molecule has 3 aliphatic heterocycles. The van der Waals surface area contributed by atoms with E-state index in [9.17, 15) is 30.0 Å². The molecule has 1 unspecified atom stereocenters. The van der Waals surface area contributed by atoms with Gasteiger partial charge >= 0.3 is 12.0 Å². The monoisotopic (exact) mass is 659 g/mol. The minimum atomic E-state index is -2.06. The Morgan fingerprint density at radius 1 is 1.13 bits per heavy atom. The number of nitrogens with zero attached hydrogens (tertiary/aromatic N) is 2. The zero-order valence-electron chi connectivity index (χ0n) is 29.9. The number of nitrogens with one attached hydrogen (secondary N) is 1. The van der Waals surface area contributed by atoms with Crippen LogP contribution in [0.3, 0.4) is 0 Å². The standard InChI is InChI=1S/C33H61N3O10/c1-13-24-32(10,41)26(38)22(8)36(30(40)34-17(2)3)16-18(4)15-31(9)27(20(6)33(42,46-31)21(7)28(39)44-24)45-29-25(37)23(35(11)12)14-19(5)43-29/h17-27,29,37-38,41-42H,13-16H2,1-12H3,(H,34,40)/t18-,19-,20-,21+,22-,23+,24-,25-,26-,27-,29+,31+,32-,33?/m1/s1. The Balaban J connectivity index is 2.11. The Kier molecular flexibility index (Phi) is 12.2. The van der Waals surface area contributed by atoms with Crippen LogP contribution in [0.1, 0.15) is 88.5 Å². The van der Waals surface area contributed by atoms with Gasteiger partial charge in [-0.25, -0.2) is 4.79 Å². The lowest BCUT2D eigenvalue weighted by Gasteiger charge is -2.45. The third-order valence-corrected chi connectivity index (χ3v) is 10.4. The first-order chi connectivity index (χ1) is 21.1. The van der Waals surface area contributed by atoms with Crippen LogP contribution in [-0.2, 0) is 23.7 Å². The lowest BCUT2D eigenvalue weighted by molar-refractivity contribution is -0.286. The van der Waals surface area contributed by atoms with E-state index < -0.39 is 77.6 Å². The zero-order valence-corrected chi connectivity index (χ0v) is 29.9. The molecule has 3 fully saturated rings. The highest BCUT2D eigenvalue weighted by molar-refractivity contribution is 5.75. The highest BCUT2D eigenvalue weighted by Crippen LogP contribution is 2.50. The predicted octanol–water partition coefficient (Wildman–Crippen LogP) is 1.83. The van der Waals surface area contributed by atoms with Crippen LogP contribution < -0.4 is 5.32 Å². The number of amides is 2. The normalized spacial score (nSPS) is 46.3. The molecule has 13 nitrogen and oxygen atoms in total. The number of rotatable bonds is 5. The van der Waals surface area contributed by atoms with Gasteiger partial charge < -0.3 is 54.5 Å². The van der Waals surface area contributed by atoms with Crippen LogP contribution >= 0.6 is 0 Å². The molecule has 3 saturated heterocycles. The minimum Gasteiger partial charge on any atom is -0.459 e. The van der Waals surface area contributed by atoms with E-state index in [4.69, 9.17) is 18.9 Å². The van der Waals surface area contributed by atoms with Gasteiger partial charge in [0.05, 0.1) is 23.9 Å². The number of cyclic esters (lactones) is 1. The van der Waals surface area contributed by atoms with Crippen molar-refractivity contribution in [2.24, 2.45) is 17.8 Å². The third-order valence-electron chi connectivity index (χ3n) is 10.4. The molecule has 5 N–H and O–H groups in total. The molecular weight excluding hydrogens is 598 g/mol. The molecule has 3 aliphatic rings. The molecular formula is C33H61N3O10. The molecule has 3 rings (SSSR count). The largest absolute Gasteiger partial charge is 0.459 e. The van der Waals surface area contributed by atoms with E-state index in [0.29, 0.717) is 6.42 Å². The fraction of sp³-hybridized carbons (Fsp3) is 0.939. The molecule has 0 aromatic carbocycles. The fourth-order valence-corrected chi connectivity index (χ4v) is 7.70. The maximum Gasteiger partial charge on any atom is 0.317 e. The average molecular weight is 660 g/mol. The number of carbonyl (C=O) groups excluding carboxylic acids is 2. The second kappa shape index (κ2) is 14.5. The summed E-state index contributed by atoms with van der Waals surface area (Å²) in [6.07, 6.45) is -4.69. The number of hydrogen-bond donors (Lipinski definition) is 5. The lowest BCUT2D eigenvalue weighted by atomic mass is 9.80. The van der Waals surface area contributed by atoms with Gasteiger partial charge in [0.1, 0.15) is 29.8 Å². The molecule has 0 aromatic rings. The van der Waals surface area contributed by atoms with Gasteiger partial charge in [-0.3, -0.25) is 4.79 Å². The number of hydrogen-bond acceptors (Lipinski definition) is 11. The number of urea groups is 1. The van der Waals surface area contributed by atoms with Gasteiger partial charge in [0.25, 0.3) is 0 Å². The molecule has 0 spiro atoms. The van der Waals surface area contributed by atoms with Gasteiger partial charge in [0, 0.05) is 24.5 Å². The quantitative estimate of drug-likeness (QED) is 0.273. The summed E-state index contributed by atoms with van der Waals surface area (Å²) in [7, 11) is 3.77. The van der Waals surface area contributed by atoms with Crippen LogP contribution in [0, 0.1) is 17.8 Å². The maximum atomic E-state index is 13.7. The zero-order chi connectivity index (χ0) is 35.1. The molecule has 13 heteroatoms. The van der Waals surface area contributed by atoms with Crippen molar-refractivity contribution in [2.45, 2.75) is 160 Å². The summed E-state index contributed by atoms with van der Waals surface area (Å²) >= 11 is 0. The molecule has 14 atom stereocenters. The summed E-state index contributed by atoms with van der Waals surface area (Å²) in [6.45, 7) is 17.4. The maximum absolute atomic E-state index is 13.7. The summed E-state index contributed by atoms with van der Waals surface area (Å²) in [5.74, 6) is -5.17. The first-order valence-corrected chi connectivity index (χ1v) is 16.9. The second-order valence-electron chi connectivity index (χ2n) is 15.1. The Morgan fingerprint density at radius 2 is 1.74 bits per heavy atom. The SMILES string of the molecule is CC[C@H]1OC(=O)[C@H](C)C2(O)O[C@@](C)(C[C@@H](C)CN(C(=O)NC(C)C)[C@H](C)[C@@H](O)[C@]1(C)O)[C@H](O[C@@H]1O[C@H](C)C[C@H](N(C)C)[C@H]1O)[C@H]2C. The number of ether oxygens (including phenoxy) is 4. The topological polar surface area (TPSA) is 170 Å². The number of aliphatic hydroxyl groups is 4. The van der Waals surface area contributed by atoms with Gasteiger partial charge in [-0.05, 0) is 87.7 Å². The lowest BCUT2D eigenvalue weighted by Crippen LogP contribution is -2.62. The second-order valence-corrected chi connectivity index (χ2v) is 15.1. The van der Waals surface area contributed by atoms with Crippen LogP contribution in [0.15, 0.2) is 0 Å². The van der Waals surface area contributed by atoms with Crippen LogP contribution in [0.5, 0.6) is 0 Å². The Labute approximate surface area is 274 Å². The first kappa shape index (κ1) is 38.9. The van der Waals surface area contributed by atoms with Gasteiger partial charge in [0.15, 0.2) is 12.1 Å². The third kappa shape index (κ3) is 7.67. The van der Waals surface area contributed by atoms with Crippen molar-refractivity contribution in [2.75, 3.05) is 20.6 Å². The summed E-state index contributed by atoms with van der Waals surface area (Å²) < 4.78 is 25.0. The number of esters is 1. The van der Waals surface area contributed by atoms with Crippen LogP contribution in [0.25, 0.3) is 0 Å². The van der Waals surface area contributed by atoms with E-state index in [-0.39, 0.29) is 43.5 Å². The summed E-state index contributed by atoms with van der Waals surface area (Å²) in [6, 6.07) is -1.72. The molecule has 268 valence electrons.